The van der Waals surface area contributed by atoms with Crippen molar-refractivity contribution in [3.05, 3.63) is 102 Å². The summed E-state index contributed by atoms with van der Waals surface area (Å²) in [5.74, 6) is 1.48. The molecular weight excluding hydrogens is 346 g/mol. The maximum atomic E-state index is 13.3. The lowest BCUT2D eigenvalue weighted by Crippen LogP contribution is -2.31. The summed E-state index contributed by atoms with van der Waals surface area (Å²) >= 11 is 0. The Bertz CT molecular complexity index is 865. The van der Waals surface area contributed by atoms with Crippen molar-refractivity contribution in [3.63, 3.8) is 0 Å². The summed E-state index contributed by atoms with van der Waals surface area (Å²) in [5, 5.41) is 0. The summed E-state index contributed by atoms with van der Waals surface area (Å²) in [7, 11) is 1.67. The van der Waals surface area contributed by atoms with Gasteiger partial charge in [-0.2, -0.15) is 0 Å². The maximum Gasteiger partial charge on any atom is 0.226 e. The fraction of sp³-hybridized carbons (Fsp3) is 0.240. The number of methoxy groups -OCH3 is 1. The lowest BCUT2D eigenvalue weighted by molar-refractivity contribution is -0.134. The van der Waals surface area contributed by atoms with Crippen molar-refractivity contribution in [3.8, 4) is 5.75 Å². The predicted molar refractivity (Wildman–Crippen MR) is 111 cm³/mol. The van der Waals surface area contributed by atoms with Gasteiger partial charge >= 0.3 is 0 Å². The highest BCUT2D eigenvalue weighted by Crippen LogP contribution is 2.49. The zero-order valence-electron chi connectivity index (χ0n) is 16.1. The Kier molecular flexibility index (Phi) is 5.43. The van der Waals surface area contributed by atoms with Crippen molar-refractivity contribution in [2.75, 3.05) is 7.11 Å². The highest BCUT2D eigenvalue weighted by atomic mass is 16.5. The molecule has 0 bridgehead atoms. The first kappa shape index (κ1) is 18.3. The number of ether oxygens (including phenoxy) is 1. The summed E-state index contributed by atoms with van der Waals surface area (Å²) in [4.78, 5) is 15.3. The Morgan fingerprint density at radius 1 is 0.857 bits per heavy atom. The van der Waals surface area contributed by atoms with Gasteiger partial charge in [0.1, 0.15) is 5.75 Å². The molecule has 0 aliphatic heterocycles. The van der Waals surface area contributed by atoms with Crippen molar-refractivity contribution in [1.82, 2.24) is 4.90 Å². The van der Waals surface area contributed by atoms with Gasteiger partial charge in [0.2, 0.25) is 5.91 Å². The summed E-state index contributed by atoms with van der Waals surface area (Å²) in [6.45, 7) is 1.28. The zero-order valence-corrected chi connectivity index (χ0v) is 16.1. The number of benzene rings is 3. The highest BCUT2D eigenvalue weighted by Gasteiger charge is 2.45. The molecule has 1 saturated carbocycles. The van der Waals surface area contributed by atoms with Gasteiger partial charge in [0.25, 0.3) is 0 Å². The average Bonchev–Trinajstić information content (AvgIpc) is 3.55. The highest BCUT2D eigenvalue weighted by molar-refractivity contribution is 5.83. The smallest absolute Gasteiger partial charge is 0.226 e. The molecule has 28 heavy (non-hydrogen) atoms. The van der Waals surface area contributed by atoms with Crippen LogP contribution < -0.4 is 4.74 Å². The van der Waals surface area contributed by atoms with E-state index in [1.165, 1.54) is 5.56 Å². The monoisotopic (exact) mass is 371 g/mol. The number of nitrogens with zero attached hydrogens (tertiary/aromatic N) is 1. The minimum Gasteiger partial charge on any atom is -0.497 e. The van der Waals surface area contributed by atoms with E-state index in [2.05, 4.69) is 36.4 Å². The molecule has 0 saturated heterocycles. The van der Waals surface area contributed by atoms with Crippen LogP contribution >= 0.6 is 0 Å². The fourth-order valence-electron chi connectivity index (χ4n) is 3.74. The largest absolute Gasteiger partial charge is 0.497 e. The molecule has 142 valence electrons. The molecule has 4 rings (SSSR count). The number of hydrogen-bond donors (Lipinski definition) is 0. The molecule has 2 atom stereocenters. The van der Waals surface area contributed by atoms with Crippen molar-refractivity contribution in [2.45, 2.75) is 25.4 Å². The minimum absolute atomic E-state index is 0.0702. The second kappa shape index (κ2) is 8.30. The van der Waals surface area contributed by atoms with Gasteiger partial charge in [-0.1, -0.05) is 72.8 Å². The van der Waals surface area contributed by atoms with E-state index in [0.29, 0.717) is 19.0 Å². The normalized spacial score (nSPS) is 17.8. The van der Waals surface area contributed by atoms with Crippen LogP contribution in [0.2, 0.25) is 0 Å². The molecule has 0 heterocycles. The van der Waals surface area contributed by atoms with Crippen molar-refractivity contribution in [2.24, 2.45) is 5.92 Å². The van der Waals surface area contributed by atoms with Crippen LogP contribution in [0.3, 0.4) is 0 Å². The van der Waals surface area contributed by atoms with E-state index in [1.807, 2.05) is 53.4 Å². The van der Waals surface area contributed by atoms with Crippen molar-refractivity contribution >= 4 is 5.91 Å². The third-order valence-corrected chi connectivity index (χ3v) is 5.40. The van der Waals surface area contributed by atoms with Crippen molar-refractivity contribution < 1.29 is 9.53 Å². The van der Waals surface area contributed by atoms with Gasteiger partial charge in [-0.25, -0.2) is 0 Å². The first-order valence-electron chi connectivity index (χ1n) is 9.75. The summed E-state index contributed by atoms with van der Waals surface area (Å²) in [6.07, 6.45) is 0.922. The van der Waals surface area contributed by atoms with Crippen LogP contribution in [0.5, 0.6) is 5.75 Å². The van der Waals surface area contributed by atoms with Crippen LogP contribution in [-0.2, 0) is 17.9 Å². The molecule has 3 aromatic rings. The van der Waals surface area contributed by atoms with Crippen LogP contribution in [0.25, 0.3) is 0 Å². The Labute approximate surface area is 166 Å². The summed E-state index contributed by atoms with van der Waals surface area (Å²) < 4.78 is 5.24. The quantitative estimate of drug-likeness (QED) is 0.583. The molecule has 1 aliphatic carbocycles. The number of rotatable bonds is 7. The van der Waals surface area contributed by atoms with E-state index >= 15 is 0 Å². The van der Waals surface area contributed by atoms with Gasteiger partial charge in [-0.05, 0) is 41.2 Å². The average molecular weight is 371 g/mol. The lowest BCUT2D eigenvalue weighted by atomic mass is 10.1. The second-order valence-corrected chi connectivity index (χ2v) is 7.39. The summed E-state index contributed by atoms with van der Waals surface area (Å²) in [6, 6.07) is 28.6. The lowest BCUT2D eigenvalue weighted by Gasteiger charge is -2.23. The van der Waals surface area contributed by atoms with E-state index in [0.717, 1.165) is 23.3 Å². The molecule has 2 unspecified atom stereocenters. The Hall–Kier alpha value is -3.07. The minimum atomic E-state index is 0.0702. The van der Waals surface area contributed by atoms with Gasteiger partial charge in [-0.3, -0.25) is 4.79 Å². The van der Waals surface area contributed by atoms with E-state index in [1.54, 1.807) is 7.11 Å². The van der Waals surface area contributed by atoms with Crippen LogP contribution in [0.15, 0.2) is 84.9 Å². The SMILES string of the molecule is COc1ccc(C2CC2C(=O)N(Cc2ccccc2)Cc2ccccc2)cc1. The van der Waals surface area contributed by atoms with E-state index in [4.69, 9.17) is 4.74 Å². The number of carbonyl (C=O) groups excluding carboxylic acids is 1. The van der Waals surface area contributed by atoms with Gasteiger partial charge in [0.15, 0.2) is 0 Å². The molecule has 3 nitrogen and oxygen atoms in total. The van der Waals surface area contributed by atoms with Gasteiger partial charge in [-0.15, -0.1) is 0 Å². The standard InChI is InChI=1S/C25H25NO2/c1-28-22-14-12-21(13-15-22)23-16-24(23)25(27)26(17-19-8-4-2-5-9-19)18-20-10-6-3-7-11-20/h2-15,23-24H,16-18H2,1H3. The molecule has 0 spiro atoms. The predicted octanol–water partition coefficient (Wildman–Crippen LogP) is 5.03. The fourth-order valence-corrected chi connectivity index (χ4v) is 3.74. The molecule has 3 heteroatoms. The molecule has 3 aromatic carbocycles. The van der Waals surface area contributed by atoms with Crippen LogP contribution in [0.1, 0.15) is 29.0 Å². The molecule has 1 aliphatic rings. The van der Waals surface area contributed by atoms with E-state index < -0.39 is 0 Å². The molecule has 0 N–H and O–H groups in total. The topological polar surface area (TPSA) is 29.5 Å². The molecule has 0 aromatic heterocycles. The Morgan fingerprint density at radius 3 is 1.89 bits per heavy atom. The van der Waals surface area contributed by atoms with Crippen LogP contribution in [0, 0.1) is 5.92 Å². The second-order valence-electron chi connectivity index (χ2n) is 7.39. The molecule has 0 radical (unpaired) electrons. The van der Waals surface area contributed by atoms with Gasteiger partial charge in [0.05, 0.1) is 7.11 Å². The van der Waals surface area contributed by atoms with Gasteiger partial charge < -0.3 is 9.64 Å². The number of carbonyl (C=O) groups is 1. The molecule has 1 fully saturated rings. The third kappa shape index (κ3) is 4.25. The van der Waals surface area contributed by atoms with Crippen molar-refractivity contribution in [1.29, 1.82) is 0 Å². The first-order valence-corrected chi connectivity index (χ1v) is 9.75. The Balaban J connectivity index is 1.49. The maximum absolute atomic E-state index is 13.3. The van der Waals surface area contributed by atoms with Gasteiger partial charge in [0, 0.05) is 19.0 Å². The summed E-state index contributed by atoms with van der Waals surface area (Å²) in [5.41, 5.74) is 3.54. The van der Waals surface area contributed by atoms with Crippen LogP contribution in [-0.4, -0.2) is 17.9 Å². The van der Waals surface area contributed by atoms with E-state index in [-0.39, 0.29) is 11.8 Å². The van der Waals surface area contributed by atoms with E-state index in [9.17, 15) is 4.79 Å². The molecular formula is C25H25NO2. The Morgan fingerprint density at radius 2 is 1.39 bits per heavy atom. The number of amides is 1. The van der Waals surface area contributed by atoms with Crippen LogP contribution in [0.4, 0.5) is 0 Å². The first-order chi connectivity index (χ1) is 13.7. The zero-order chi connectivity index (χ0) is 19.3. The third-order valence-electron chi connectivity index (χ3n) is 5.40. The number of hydrogen-bond acceptors (Lipinski definition) is 2. The molecule has 1 amide bonds.